The van der Waals surface area contributed by atoms with E-state index in [0.29, 0.717) is 11.1 Å². The zero-order valence-corrected chi connectivity index (χ0v) is 14.2. The Morgan fingerprint density at radius 3 is 2.64 bits per heavy atom. The second-order valence-corrected chi connectivity index (χ2v) is 6.33. The van der Waals surface area contributed by atoms with Crippen LogP contribution in [0.5, 0.6) is 5.75 Å². The van der Waals surface area contributed by atoms with Gasteiger partial charge in [0.05, 0.1) is 12.7 Å². The summed E-state index contributed by atoms with van der Waals surface area (Å²) in [4.78, 5) is 0. The van der Waals surface area contributed by atoms with Crippen molar-refractivity contribution in [1.29, 1.82) is 0 Å². The second kappa shape index (κ2) is 6.98. The summed E-state index contributed by atoms with van der Waals surface area (Å²) in [6.07, 6.45) is 0. The fourth-order valence-electron chi connectivity index (χ4n) is 1.92. The number of methoxy groups -OCH3 is 1. The highest BCUT2D eigenvalue weighted by atomic mass is 79.9. The summed E-state index contributed by atoms with van der Waals surface area (Å²) >= 11 is 4.94. The van der Waals surface area contributed by atoms with Crippen molar-refractivity contribution in [3.8, 4) is 17.2 Å². The first-order valence-electron chi connectivity index (χ1n) is 6.60. The van der Waals surface area contributed by atoms with Crippen molar-refractivity contribution in [1.82, 2.24) is 10.2 Å². The van der Waals surface area contributed by atoms with Crippen LogP contribution in [0, 0.1) is 0 Å². The van der Waals surface area contributed by atoms with E-state index in [-0.39, 0.29) is 0 Å². The van der Waals surface area contributed by atoms with Crippen LogP contribution in [0.1, 0.15) is 5.56 Å². The lowest BCUT2D eigenvalue weighted by Crippen LogP contribution is -1.87. The summed E-state index contributed by atoms with van der Waals surface area (Å²) in [5, 5.41) is 8.72. The lowest BCUT2D eigenvalue weighted by molar-refractivity contribution is 0.411. The fraction of sp³-hybridized carbons (Fsp3) is 0.125. The van der Waals surface area contributed by atoms with Gasteiger partial charge in [-0.1, -0.05) is 52.0 Å². The average molecular weight is 377 g/mol. The lowest BCUT2D eigenvalue weighted by Gasteiger charge is -2.03. The molecule has 22 heavy (non-hydrogen) atoms. The summed E-state index contributed by atoms with van der Waals surface area (Å²) in [5.74, 6) is 1.97. The largest absolute Gasteiger partial charge is 0.496 e. The molecule has 0 aliphatic rings. The molecule has 1 aromatic heterocycles. The Hall–Kier alpha value is -1.79. The van der Waals surface area contributed by atoms with E-state index in [9.17, 15) is 0 Å². The number of aromatic nitrogens is 2. The molecule has 112 valence electrons. The normalized spacial score (nSPS) is 10.6. The predicted molar refractivity (Wildman–Crippen MR) is 90.0 cm³/mol. The molecule has 0 saturated carbocycles. The first-order valence-corrected chi connectivity index (χ1v) is 8.38. The molecule has 3 rings (SSSR count). The molecule has 0 radical (unpaired) electrons. The third-order valence-corrected chi connectivity index (χ3v) is 4.44. The molecule has 0 bridgehead atoms. The molecule has 0 unspecified atom stereocenters. The molecular formula is C16H13BrN2O2S. The quantitative estimate of drug-likeness (QED) is 0.598. The molecule has 6 heteroatoms. The Balaban J connectivity index is 1.72. The molecular weight excluding hydrogens is 364 g/mol. The van der Waals surface area contributed by atoms with Crippen molar-refractivity contribution < 1.29 is 9.15 Å². The van der Waals surface area contributed by atoms with Gasteiger partial charge in [-0.3, -0.25) is 0 Å². The molecule has 0 spiro atoms. The van der Waals surface area contributed by atoms with Crippen molar-refractivity contribution in [2.45, 2.75) is 11.0 Å². The monoisotopic (exact) mass is 376 g/mol. The van der Waals surface area contributed by atoms with Crippen LogP contribution in [0.15, 0.2) is 62.6 Å². The Kier molecular flexibility index (Phi) is 4.80. The van der Waals surface area contributed by atoms with Crippen molar-refractivity contribution in [3.05, 3.63) is 58.6 Å². The van der Waals surface area contributed by atoms with Crippen LogP contribution in [-0.4, -0.2) is 17.3 Å². The third kappa shape index (κ3) is 3.51. The van der Waals surface area contributed by atoms with E-state index >= 15 is 0 Å². The predicted octanol–water partition coefficient (Wildman–Crippen LogP) is 4.80. The van der Waals surface area contributed by atoms with Crippen molar-refractivity contribution in [2.75, 3.05) is 7.11 Å². The van der Waals surface area contributed by atoms with Gasteiger partial charge in [0.15, 0.2) is 0 Å². The number of hydrogen-bond acceptors (Lipinski definition) is 5. The number of benzene rings is 2. The Labute approximate surface area is 141 Å². The fourth-order valence-corrected chi connectivity index (χ4v) is 2.91. The number of rotatable bonds is 5. The molecule has 3 aromatic rings. The molecule has 0 atom stereocenters. The van der Waals surface area contributed by atoms with Gasteiger partial charge in [0.1, 0.15) is 5.75 Å². The number of halogens is 1. The van der Waals surface area contributed by atoms with Gasteiger partial charge < -0.3 is 9.15 Å². The van der Waals surface area contributed by atoms with E-state index in [4.69, 9.17) is 9.15 Å². The summed E-state index contributed by atoms with van der Waals surface area (Å²) in [7, 11) is 1.62. The van der Waals surface area contributed by atoms with Crippen LogP contribution >= 0.6 is 27.7 Å². The van der Waals surface area contributed by atoms with Crippen LogP contribution in [-0.2, 0) is 5.75 Å². The van der Waals surface area contributed by atoms with Crippen LogP contribution in [0.2, 0.25) is 0 Å². The van der Waals surface area contributed by atoms with Crippen LogP contribution in [0.4, 0.5) is 0 Å². The minimum atomic E-state index is 0.468. The SMILES string of the molecule is COc1ccccc1-c1nnc(SCc2ccc(Br)cc2)o1. The van der Waals surface area contributed by atoms with E-state index in [1.807, 2.05) is 36.4 Å². The van der Waals surface area contributed by atoms with Gasteiger partial charge in [0.2, 0.25) is 0 Å². The molecule has 0 fully saturated rings. The summed E-state index contributed by atoms with van der Waals surface area (Å²) in [6.45, 7) is 0. The molecule has 0 N–H and O–H groups in total. The second-order valence-electron chi connectivity index (χ2n) is 4.49. The number of para-hydroxylation sites is 1. The van der Waals surface area contributed by atoms with E-state index in [1.165, 1.54) is 17.3 Å². The number of nitrogens with zero attached hydrogens (tertiary/aromatic N) is 2. The van der Waals surface area contributed by atoms with Gasteiger partial charge in [-0.25, -0.2) is 0 Å². The first kappa shape index (κ1) is 15.1. The standard InChI is InChI=1S/C16H13BrN2O2S/c1-20-14-5-3-2-4-13(14)15-18-19-16(21-15)22-10-11-6-8-12(17)9-7-11/h2-9H,10H2,1H3. The van der Waals surface area contributed by atoms with E-state index in [0.717, 1.165) is 21.5 Å². The van der Waals surface area contributed by atoms with Crippen LogP contribution < -0.4 is 4.74 Å². The minimum Gasteiger partial charge on any atom is -0.496 e. The Bertz CT molecular complexity index is 759. The Morgan fingerprint density at radius 2 is 1.86 bits per heavy atom. The van der Waals surface area contributed by atoms with Gasteiger partial charge >= 0.3 is 0 Å². The summed E-state index contributed by atoms with van der Waals surface area (Å²) in [5.41, 5.74) is 2.00. The van der Waals surface area contributed by atoms with Gasteiger partial charge in [-0.2, -0.15) is 0 Å². The zero-order valence-electron chi connectivity index (χ0n) is 11.8. The molecule has 2 aromatic carbocycles. The van der Waals surface area contributed by atoms with Crippen molar-refractivity contribution in [2.24, 2.45) is 0 Å². The molecule has 1 heterocycles. The molecule has 4 nitrogen and oxygen atoms in total. The average Bonchev–Trinajstić information content (AvgIpc) is 3.03. The lowest BCUT2D eigenvalue weighted by atomic mass is 10.2. The Morgan fingerprint density at radius 1 is 1.09 bits per heavy atom. The first-order chi connectivity index (χ1) is 10.8. The highest BCUT2D eigenvalue weighted by molar-refractivity contribution is 9.10. The summed E-state index contributed by atoms with van der Waals surface area (Å²) in [6, 6.07) is 15.7. The highest BCUT2D eigenvalue weighted by Gasteiger charge is 2.13. The topological polar surface area (TPSA) is 48.2 Å². The number of ether oxygens (including phenoxy) is 1. The van der Waals surface area contributed by atoms with Crippen molar-refractivity contribution >= 4 is 27.7 Å². The minimum absolute atomic E-state index is 0.468. The highest BCUT2D eigenvalue weighted by Crippen LogP contribution is 2.31. The van der Waals surface area contributed by atoms with Gasteiger partial charge in [-0.15, -0.1) is 10.2 Å². The number of hydrogen-bond donors (Lipinski definition) is 0. The molecule has 0 aliphatic heterocycles. The third-order valence-electron chi connectivity index (χ3n) is 3.02. The van der Waals surface area contributed by atoms with E-state index in [1.54, 1.807) is 7.11 Å². The maximum atomic E-state index is 5.71. The van der Waals surface area contributed by atoms with E-state index < -0.39 is 0 Å². The van der Waals surface area contributed by atoms with Crippen LogP contribution in [0.25, 0.3) is 11.5 Å². The smallest absolute Gasteiger partial charge is 0.277 e. The maximum Gasteiger partial charge on any atom is 0.277 e. The maximum absolute atomic E-state index is 5.71. The van der Waals surface area contributed by atoms with Crippen LogP contribution in [0.3, 0.4) is 0 Å². The molecule has 0 aliphatic carbocycles. The molecule has 0 amide bonds. The van der Waals surface area contributed by atoms with Gasteiger partial charge in [0.25, 0.3) is 11.1 Å². The number of thioether (sulfide) groups is 1. The van der Waals surface area contributed by atoms with E-state index in [2.05, 4.69) is 38.3 Å². The summed E-state index contributed by atoms with van der Waals surface area (Å²) < 4.78 is 12.1. The van der Waals surface area contributed by atoms with Crippen molar-refractivity contribution in [3.63, 3.8) is 0 Å². The van der Waals surface area contributed by atoms with Gasteiger partial charge in [-0.05, 0) is 29.8 Å². The molecule has 0 saturated heterocycles. The zero-order chi connectivity index (χ0) is 15.4. The van der Waals surface area contributed by atoms with Gasteiger partial charge in [0, 0.05) is 10.2 Å².